The van der Waals surface area contributed by atoms with Crippen molar-refractivity contribution in [1.82, 2.24) is 9.88 Å². The Hall–Kier alpha value is -1.88. The Bertz CT molecular complexity index is 683. The fourth-order valence-corrected chi connectivity index (χ4v) is 4.02. The van der Waals surface area contributed by atoms with Gasteiger partial charge in [-0.15, -0.1) is 11.3 Å². The molecule has 1 fully saturated rings. The van der Waals surface area contributed by atoms with Crippen molar-refractivity contribution in [2.75, 3.05) is 20.2 Å². The zero-order valence-corrected chi connectivity index (χ0v) is 14.4. The largest absolute Gasteiger partial charge is 0.496 e. The Morgan fingerprint density at radius 1 is 1.43 bits per heavy atom. The smallest absolute Gasteiger partial charge is 0.265 e. The molecule has 1 aromatic heterocycles. The number of aromatic nitrogens is 1. The van der Waals surface area contributed by atoms with Crippen LogP contribution in [-0.2, 0) is 6.42 Å². The first-order valence-electron chi connectivity index (χ1n) is 8.00. The van der Waals surface area contributed by atoms with E-state index < -0.39 is 0 Å². The molecule has 2 aromatic rings. The van der Waals surface area contributed by atoms with Gasteiger partial charge in [0.25, 0.3) is 5.91 Å². The number of carbonyl (C=O) groups is 1. The lowest BCUT2D eigenvalue weighted by Gasteiger charge is -2.33. The van der Waals surface area contributed by atoms with Gasteiger partial charge in [-0.1, -0.05) is 18.2 Å². The topological polar surface area (TPSA) is 42.4 Å². The quantitative estimate of drug-likeness (QED) is 0.861. The monoisotopic (exact) mass is 330 g/mol. The van der Waals surface area contributed by atoms with Gasteiger partial charge in [0.1, 0.15) is 10.6 Å². The van der Waals surface area contributed by atoms with Gasteiger partial charge in [-0.25, -0.2) is 4.98 Å². The predicted molar refractivity (Wildman–Crippen MR) is 92.2 cm³/mol. The Kier molecular flexibility index (Phi) is 4.96. The number of likely N-dealkylation sites (tertiary alicyclic amines) is 1. The van der Waals surface area contributed by atoms with Gasteiger partial charge in [0.15, 0.2) is 0 Å². The van der Waals surface area contributed by atoms with E-state index >= 15 is 0 Å². The summed E-state index contributed by atoms with van der Waals surface area (Å²) < 4.78 is 5.45. The minimum Gasteiger partial charge on any atom is -0.496 e. The highest BCUT2D eigenvalue weighted by Gasteiger charge is 2.26. The molecule has 3 rings (SSSR count). The molecule has 1 atom stereocenters. The van der Waals surface area contributed by atoms with E-state index in [1.54, 1.807) is 12.6 Å². The zero-order chi connectivity index (χ0) is 16.2. The minimum absolute atomic E-state index is 0.134. The molecule has 1 amide bonds. The molecule has 0 spiro atoms. The number of amides is 1. The molecule has 0 bridgehead atoms. The van der Waals surface area contributed by atoms with Crippen molar-refractivity contribution >= 4 is 17.2 Å². The first-order valence-corrected chi connectivity index (χ1v) is 8.88. The highest BCUT2D eigenvalue weighted by atomic mass is 32.1. The van der Waals surface area contributed by atoms with Crippen LogP contribution in [0.4, 0.5) is 0 Å². The number of ether oxygens (including phenoxy) is 1. The van der Waals surface area contributed by atoms with Crippen LogP contribution in [-0.4, -0.2) is 36.0 Å². The van der Waals surface area contributed by atoms with E-state index in [-0.39, 0.29) is 5.91 Å². The highest BCUT2D eigenvalue weighted by molar-refractivity contribution is 7.11. The van der Waals surface area contributed by atoms with Crippen LogP contribution in [0.5, 0.6) is 5.75 Å². The third-order valence-electron chi connectivity index (χ3n) is 4.45. The third-order valence-corrected chi connectivity index (χ3v) is 5.36. The van der Waals surface area contributed by atoms with Crippen molar-refractivity contribution in [2.24, 2.45) is 5.92 Å². The van der Waals surface area contributed by atoms with Gasteiger partial charge < -0.3 is 9.64 Å². The first-order chi connectivity index (χ1) is 11.2. The summed E-state index contributed by atoms with van der Waals surface area (Å²) in [5.41, 5.74) is 3.81. The molecular formula is C18H22N2O2S. The molecule has 1 aliphatic heterocycles. The summed E-state index contributed by atoms with van der Waals surface area (Å²) in [6.07, 6.45) is 3.17. The average molecular weight is 330 g/mol. The van der Waals surface area contributed by atoms with Gasteiger partial charge in [-0.2, -0.15) is 0 Å². The molecule has 0 unspecified atom stereocenters. The van der Waals surface area contributed by atoms with E-state index in [1.165, 1.54) is 16.9 Å². The number of piperidine rings is 1. The van der Waals surface area contributed by atoms with E-state index in [0.29, 0.717) is 5.92 Å². The molecule has 23 heavy (non-hydrogen) atoms. The number of methoxy groups -OCH3 is 1. The average Bonchev–Trinajstić information content (AvgIpc) is 3.01. The van der Waals surface area contributed by atoms with E-state index in [0.717, 1.165) is 48.7 Å². The summed E-state index contributed by atoms with van der Waals surface area (Å²) >= 11 is 1.44. The van der Waals surface area contributed by atoms with Crippen molar-refractivity contribution < 1.29 is 9.53 Å². The minimum atomic E-state index is 0.134. The summed E-state index contributed by atoms with van der Waals surface area (Å²) in [4.78, 5) is 19.6. The standard InChI is InChI=1S/C18H22N2O2S/c1-13-17(23-12-19-13)18(21)20-9-5-6-14(11-20)10-15-7-3-4-8-16(15)22-2/h3-4,7-8,12,14H,5-6,9-11H2,1-2H3/t14-/m0/s1. The number of thiazole rings is 1. The van der Waals surface area contributed by atoms with Gasteiger partial charge >= 0.3 is 0 Å². The molecule has 1 aliphatic rings. The number of carbonyl (C=O) groups excluding carboxylic acids is 1. The summed E-state index contributed by atoms with van der Waals surface area (Å²) in [6.45, 7) is 3.56. The molecule has 122 valence electrons. The lowest BCUT2D eigenvalue weighted by molar-refractivity contribution is 0.0677. The fraction of sp³-hybridized carbons (Fsp3) is 0.444. The second-order valence-electron chi connectivity index (χ2n) is 6.04. The first kappa shape index (κ1) is 16.0. The number of hydrogen-bond donors (Lipinski definition) is 0. The maximum absolute atomic E-state index is 12.7. The Labute approximate surface area is 141 Å². The molecular weight excluding hydrogens is 308 g/mol. The highest BCUT2D eigenvalue weighted by Crippen LogP contribution is 2.27. The molecule has 0 saturated carbocycles. The van der Waals surface area contributed by atoms with Gasteiger partial charge in [0, 0.05) is 13.1 Å². The molecule has 5 heteroatoms. The zero-order valence-electron chi connectivity index (χ0n) is 13.6. The molecule has 0 N–H and O–H groups in total. The lowest BCUT2D eigenvalue weighted by atomic mass is 9.91. The summed E-state index contributed by atoms with van der Waals surface area (Å²) in [5, 5.41) is 0. The molecule has 2 heterocycles. The van der Waals surface area contributed by atoms with Crippen LogP contribution in [0.25, 0.3) is 0 Å². The van der Waals surface area contributed by atoms with Crippen LogP contribution >= 0.6 is 11.3 Å². The van der Waals surface area contributed by atoms with Crippen molar-refractivity contribution in [1.29, 1.82) is 0 Å². The number of nitrogens with zero attached hydrogens (tertiary/aromatic N) is 2. The van der Waals surface area contributed by atoms with Crippen LogP contribution in [0.3, 0.4) is 0 Å². The van der Waals surface area contributed by atoms with Crippen molar-refractivity contribution in [2.45, 2.75) is 26.2 Å². The number of hydrogen-bond acceptors (Lipinski definition) is 4. The Morgan fingerprint density at radius 3 is 3.00 bits per heavy atom. The van der Waals surface area contributed by atoms with Crippen molar-refractivity contribution in [3.05, 3.63) is 45.9 Å². The lowest BCUT2D eigenvalue weighted by Crippen LogP contribution is -2.40. The van der Waals surface area contributed by atoms with Crippen LogP contribution < -0.4 is 4.74 Å². The molecule has 0 radical (unpaired) electrons. The van der Waals surface area contributed by atoms with E-state index in [1.807, 2.05) is 30.0 Å². The third kappa shape index (κ3) is 3.55. The van der Waals surface area contributed by atoms with E-state index in [9.17, 15) is 4.79 Å². The van der Waals surface area contributed by atoms with E-state index in [2.05, 4.69) is 11.1 Å². The summed E-state index contributed by atoms with van der Waals surface area (Å²) in [6, 6.07) is 8.16. The second kappa shape index (κ2) is 7.13. The normalized spacial score (nSPS) is 18.0. The number of benzene rings is 1. The maximum Gasteiger partial charge on any atom is 0.265 e. The van der Waals surface area contributed by atoms with Crippen molar-refractivity contribution in [3.8, 4) is 5.75 Å². The van der Waals surface area contributed by atoms with Crippen LogP contribution in [0.15, 0.2) is 29.8 Å². The van der Waals surface area contributed by atoms with Gasteiger partial charge in [-0.05, 0) is 43.7 Å². The maximum atomic E-state index is 12.7. The number of aryl methyl sites for hydroxylation is 1. The molecule has 0 aliphatic carbocycles. The Morgan fingerprint density at radius 2 is 2.26 bits per heavy atom. The fourth-order valence-electron chi connectivity index (χ4n) is 3.25. The number of para-hydroxylation sites is 1. The van der Waals surface area contributed by atoms with Gasteiger partial charge in [-0.3, -0.25) is 4.79 Å². The molecule has 1 saturated heterocycles. The van der Waals surface area contributed by atoms with Crippen LogP contribution in [0, 0.1) is 12.8 Å². The van der Waals surface area contributed by atoms with Crippen LogP contribution in [0.2, 0.25) is 0 Å². The van der Waals surface area contributed by atoms with Gasteiger partial charge in [0.2, 0.25) is 0 Å². The van der Waals surface area contributed by atoms with Crippen LogP contribution in [0.1, 0.15) is 33.8 Å². The van der Waals surface area contributed by atoms with E-state index in [4.69, 9.17) is 4.74 Å². The van der Waals surface area contributed by atoms with Gasteiger partial charge in [0.05, 0.1) is 18.3 Å². The number of rotatable bonds is 4. The molecule has 1 aromatic carbocycles. The Balaban J connectivity index is 1.69. The summed E-state index contributed by atoms with van der Waals surface area (Å²) in [7, 11) is 1.71. The second-order valence-corrected chi connectivity index (χ2v) is 6.90. The SMILES string of the molecule is COc1ccccc1C[C@@H]1CCCN(C(=O)c2scnc2C)C1. The predicted octanol–water partition coefficient (Wildman–Crippen LogP) is 3.56. The van der Waals surface area contributed by atoms with Crippen molar-refractivity contribution in [3.63, 3.8) is 0 Å². The molecule has 4 nitrogen and oxygen atoms in total. The summed E-state index contributed by atoms with van der Waals surface area (Å²) in [5.74, 6) is 1.56.